The lowest BCUT2D eigenvalue weighted by molar-refractivity contribution is -0.246. The molecule has 0 saturated carbocycles. The van der Waals surface area contributed by atoms with Gasteiger partial charge in [-0.25, -0.2) is 0 Å². The Bertz CT molecular complexity index is 885. The average molecular weight is 579 g/mol. The molecule has 0 aromatic rings. The summed E-state index contributed by atoms with van der Waals surface area (Å²) in [6.45, 7) is 24.8. The predicted molar refractivity (Wildman–Crippen MR) is 160 cm³/mol. The van der Waals surface area contributed by atoms with Crippen molar-refractivity contribution in [3.8, 4) is 0 Å². The minimum atomic E-state index is -0.402. The summed E-state index contributed by atoms with van der Waals surface area (Å²) in [6.07, 6.45) is 3.92. The molecule has 4 aliphatic rings. The molecular formula is C31H58N6O4. The minimum Gasteiger partial charge on any atom is -0.352 e. The molecule has 10 heteroatoms. The number of likely N-dealkylation sites (tertiary alicyclic amines) is 2. The summed E-state index contributed by atoms with van der Waals surface area (Å²) in [6, 6.07) is 0.0577. The van der Waals surface area contributed by atoms with Crippen molar-refractivity contribution in [2.24, 2.45) is 10.8 Å². The normalized spacial score (nSPS) is 34.7. The summed E-state index contributed by atoms with van der Waals surface area (Å²) in [5.41, 5.74) is -1.60. The van der Waals surface area contributed by atoms with Gasteiger partial charge in [0.2, 0.25) is 11.8 Å². The molecule has 41 heavy (non-hydrogen) atoms. The van der Waals surface area contributed by atoms with E-state index in [1.807, 2.05) is 55.4 Å². The van der Waals surface area contributed by atoms with Crippen LogP contribution in [-0.2, 0) is 9.59 Å². The molecule has 10 nitrogen and oxygen atoms in total. The van der Waals surface area contributed by atoms with Crippen molar-refractivity contribution >= 4 is 11.8 Å². The smallest absolute Gasteiger partial charge is 0.234 e. The fourth-order valence-electron chi connectivity index (χ4n) is 9.55. The lowest BCUT2D eigenvalue weighted by Crippen LogP contribution is -2.65. The maximum Gasteiger partial charge on any atom is 0.234 e. The predicted octanol–water partition coefficient (Wildman–Crippen LogP) is 3.07. The third kappa shape index (κ3) is 7.27. The van der Waals surface area contributed by atoms with Gasteiger partial charge >= 0.3 is 0 Å². The van der Waals surface area contributed by atoms with E-state index in [2.05, 4.69) is 34.3 Å². The highest BCUT2D eigenvalue weighted by Gasteiger charge is 2.50. The van der Waals surface area contributed by atoms with Crippen molar-refractivity contribution in [1.29, 1.82) is 0 Å². The zero-order valence-electron chi connectivity index (χ0n) is 27.4. The van der Waals surface area contributed by atoms with Crippen LogP contribution in [0.15, 0.2) is 0 Å². The number of fused-ring (bicyclic) bond motifs is 2. The molecule has 4 aliphatic heterocycles. The zero-order chi connectivity index (χ0) is 30.8. The van der Waals surface area contributed by atoms with Crippen LogP contribution in [0.4, 0.5) is 0 Å². The van der Waals surface area contributed by atoms with Crippen molar-refractivity contribution < 1.29 is 20.0 Å². The molecule has 0 aromatic heterocycles. The fourth-order valence-corrected chi connectivity index (χ4v) is 9.55. The van der Waals surface area contributed by atoms with Crippen LogP contribution in [0.25, 0.3) is 0 Å². The van der Waals surface area contributed by atoms with Crippen molar-refractivity contribution in [1.82, 2.24) is 30.6 Å². The summed E-state index contributed by atoms with van der Waals surface area (Å²) >= 11 is 0. The summed E-state index contributed by atoms with van der Waals surface area (Å²) in [7, 11) is 0. The number of nitrogens with zero attached hydrogens (tertiary/aromatic N) is 4. The van der Waals surface area contributed by atoms with Crippen molar-refractivity contribution in [3.05, 3.63) is 0 Å². The largest absolute Gasteiger partial charge is 0.352 e. The highest BCUT2D eigenvalue weighted by Crippen LogP contribution is 2.45. The van der Waals surface area contributed by atoms with E-state index in [4.69, 9.17) is 0 Å². The molecule has 0 spiro atoms. The molecule has 0 atom stereocenters. The number of amides is 2. The van der Waals surface area contributed by atoms with Gasteiger partial charge in [0.1, 0.15) is 0 Å². The summed E-state index contributed by atoms with van der Waals surface area (Å²) < 4.78 is 0. The van der Waals surface area contributed by atoms with E-state index in [9.17, 15) is 20.0 Å². The van der Waals surface area contributed by atoms with Gasteiger partial charge in [-0.1, -0.05) is 13.8 Å². The Morgan fingerprint density at radius 3 is 1.12 bits per heavy atom. The van der Waals surface area contributed by atoms with E-state index < -0.39 is 22.2 Å². The monoisotopic (exact) mass is 578 g/mol. The number of nitrogens with one attached hydrogen (secondary N) is 2. The van der Waals surface area contributed by atoms with Gasteiger partial charge in [0.15, 0.2) is 0 Å². The third-order valence-electron chi connectivity index (χ3n) is 10.0. The van der Waals surface area contributed by atoms with Crippen molar-refractivity contribution in [2.75, 3.05) is 39.3 Å². The molecule has 4 N–H and O–H groups in total. The van der Waals surface area contributed by atoms with Gasteiger partial charge in [-0.2, -0.15) is 10.1 Å². The van der Waals surface area contributed by atoms with E-state index in [-0.39, 0.29) is 34.7 Å². The molecule has 0 aromatic carbocycles. The number of hydrogen-bond donors (Lipinski definition) is 4. The Morgan fingerprint density at radius 1 is 0.585 bits per heavy atom. The van der Waals surface area contributed by atoms with Crippen molar-refractivity contribution in [3.63, 3.8) is 0 Å². The summed E-state index contributed by atoms with van der Waals surface area (Å²) in [4.78, 5) is 31.0. The first kappa shape index (κ1) is 32.6. The zero-order valence-corrected chi connectivity index (χ0v) is 27.4. The van der Waals surface area contributed by atoms with Gasteiger partial charge in [-0.15, -0.1) is 0 Å². The van der Waals surface area contributed by atoms with Crippen LogP contribution in [-0.4, -0.2) is 116 Å². The molecule has 0 radical (unpaired) electrons. The van der Waals surface area contributed by atoms with E-state index in [1.54, 1.807) is 0 Å². The first-order valence-corrected chi connectivity index (χ1v) is 15.6. The Hall–Kier alpha value is -1.30. The van der Waals surface area contributed by atoms with E-state index in [0.29, 0.717) is 38.8 Å². The molecule has 4 saturated heterocycles. The van der Waals surface area contributed by atoms with Gasteiger partial charge in [-0.3, -0.25) is 19.4 Å². The first-order valence-electron chi connectivity index (χ1n) is 15.6. The molecule has 2 amide bonds. The SMILES string of the molecule is CC12CN(CC(=O)NC3CC(C)(C)N(O)C(C)(C)C3)CC(C)(CN(CC(=O)NC3CC(C)(C)N(O)C(C)(C)C3)C1)C2. The second-order valence-electron chi connectivity index (χ2n) is 17.3. The Kier molecular flexibility index (Phi) is 8.51. The van der Waals surface area contributed by atoms with Gasteiger partial charge in [-0.05, 0) is 98.3 Å². The van der Waals surface area contributed by atoms with Crippen LogP contribution in [0.2, 0.25) is 0 Å². The lowest BCUT2D eigenvalue weighted by Gasteiger charge is -2.57. The Morgan fingerprint density at radius 2 is 0.854 bits per heavy atom. The molecule has 4 fully saturated rings. The number of carbonyl (C=O) groups excluding carboxylic acids is 2. The Labute approximate surface area is 248 Å². The second kappa shape index (κ2) is 10.7. The van der Waals surface area contributed by atoms with Gasteiger partial charge < -0.3 is 21.0 Å². The number of carbonyl (C=O) groups is 2. The first-order chi connectivity index (χ1) is 18.5. The van der Waals surface area contributed by atoms with Gasteiger partial charge in [0.05, 0.1) is 13.1 Å². The minimum absolute atomic E-state index is 0.00420. The molecule has 0 unspecified atom stereocenters. The van der Waals surface area contributed by atoms with Crippen LogP contribution in [0.3, 0.4) is 0 Å². The number of hydroxylamine groups is 4. The van der Waals surface area contributed by atoms with E-state index in [1.165, 1.54) is 10.1 Å². The number of rotatable bonds is 6. The molecule has 4 heterocycles. The van der Waals surface area contributed by atoms with Crippen LogP contribution in [0.5, 0.6) is 0 Å². The molecule has 4 rings (SSSR count). The van der Waals surface area contributed by atoms with Gasteiger partial charge in [0, 0.05) is 60.4 Å². The highest BCUT2D eigenvalue weighted by atomic mass is 16.5. The van der Waals surface area contributed by atoms with Crippen LogP contribution < -0.4 is 10.6 Å². The van der Waals surface area contributed by atoms with E-state index >= 15 is 0 Å². The topological polar surface area (TPSA) is 112 Å². The van der Waals surface area contributed by atoms with E-state index in [0.717, 1.165) is 32.6 Å². The summed E-state index contributed by atoms with van der Waals surface area (Å²) in [5, 5.41) is 30.7. The molecule has 236 valence electrons. The molecular weight excluding hydrogens is 520 g/mol. The highest BCUT2D eigenvalue weighted by molar-refractivity contribution is 5.79. The summed E-state index contributed by atoms with van der Waals surface area (Å²) in [5.74, 6) is 0.104. The second-order valence-corrected chi connectivity index (χ2v) is 17.3. The quantitative estimate of drug-likeness (QED) is 0.381. The standard InChI is InChI=1S/C31H58N6O4/c1-26(2)11-22(12-27(3,4)36(26)40)32-24(38)15-34-18-30(9)17-31(10,19-34)21-35(20-30)16-25(39)33-23-13-28(5,6)37(41)29(7,8)14-23/h22-23,40-41H,11-21H2,1-10H3,(H,32,38)(H,33,39). The molecule has 2 bridgehead atoms. The average Bonchev–Trinajstić information content (AvgIpc) is 2.72. The van der Waals surface area contributed by atoms with Crippen LogP contribution in [0, 0.1) is 10.8 Å². The Balaban J connectivity index is 1.31. The number of piperidine rings is 4. The third-order valence-corrected chi connectivity index (χ3v) is 10.0. The lowest BCUT2D eigenvalue weighted by atomic mass is 9.65. The van der Waals surface area contributed by atoms with Crippen LogP contribution >= 0.6 is 0 Å². The van der Waals surface area contributed by atoms with Gasteiger partial charge in [0.25, 0.3) is 0 Å². The maximum absolute atomic E-state index is 13.2. The fraction of sp³-hybridized carbons (Fsp3) is 0.935. The maximum atomic E-state index is 13.2. The van der Waals surface area contributed by atoms with Crippen LogP contribution in [0.1, 0.15) is 101 Å². The van der Waals surface area contributed by atoms with Crippen molar-refractivity contribution in [2.45, 2.75) is 136 Å². The number of hydrogen-bond acceptors (Lipinski definition) is 8. The molecule has 0 aliphatic carbocycles.